The van der Waals surface area contributed by atoms with Crippen molar-refractivity contribution in [3.8, 4) is 11.4 Å². The zero-order valence-corrected chi connectivity index (χ0v) is 15.1. The van der Waals surface area contributed by atoms with E-state index in [1.165, 1.54) is 11.8 Å². The number of hydrogen-bond acceptors (Lipinski definition) is 4. The first kappa shape index (κ1) is 17.5. The van der Waals surface area contributed by atoms with Crippen LogP contribution in [0.3, 0.4) is 0 Å². The van der Waals surface area contributed by atoms with Crippen molar-refractivity contribution in [1.29, 1.82) is 0 Å². The number of aromatic carboxylic acids is 1. The van der Waals surface area contributed by atoms with Gasteiger partial charge in [0.1, 0.15) is 0 Å². The van der Waals surface area contributed by atoms with Gasteiger partial charge in [0.2, 0.25) is 0 Å². The molecule has 0 aliphatic carbocycles. The Morgan fingerprint density at radius 3 is 2.72 bits per heavy atom. The van der Waals surface area contributed by atoms with Crippen LogP contribution in [-0.4, -0.2) is 25.8 Å². The third-order valence-electron chi connectivity index (χ3n) is 3.66. The van der Waals surface area contributed by atoms with E-state index in [0.717, 1.165) is 28.7 Å². The lowest BCUT2D eigenvalue weighted by Crippen LogP contribution is -2.00. The largest absolute Gasteiger partial charge is 0.478 e. The Labute approximate surface area is 154 Å². The van der Waals surface area contributed by atoms with Crippen molar-refractivity contribution < 1.29 is 9.90 Å². The Morgan fingerprint density at radius 1 is 1.20 bits per heavy atom. The molecule has 1 aromatic heterocycles. The monoisotopic (exact) mass is 373 g/mol. The molecule has 5 nitrogen and oxygen atoms in total. The standard InChI is InChI=1S/C18H16ClN3O2S/c1-2-22-16(13-6-4-8-15(19)10-13)20-21-18(22)25-11-12-5-3-7-14(9-12)17(23)24/h3-10H,2,11H2,1H3,(H,23,24). The molecule has 0 unspecified atom stereocenters. The number of rotatable bonds is 6. The second kappa shape index (κ2) is 7.72. The van der Waals surface area contributed by atoms with Gasteiger partial charge in [0.25, 0.3) is 0 Å². The number of carboxylic acid groups (broad SMARTS) is 1. The van der Waals surface area contributed by atoms with Crippen LogP contribution in [0.25, 0.3) is 11.4 Å². The van der Waals surface area contributed by atoms with Gasteiger partial charge in [0.05, 0.1) is 5.56 Å². The third kappa shape index (κ3) is 4.03. The predicted octanol–water partition coefficient (Wildman–Crippen LogP) is 4.61. The van der Waals surface area contributed by atoms with Crippen LogP contribution < -0.4 is 0 Å². The third-order valence-corrected chi connectivity index (χ3v) is 4.93. The van der Waals surface area contributed by atoms with Gasteiger partial charge in [0.15, 0.2) is 11.0 Å². The van der Waals surface area contributed by atoms with E-state index in [1.54, 1.807) is 18.2 Å². The smallest absolute Gasteiger partial charge is 0.335 e. The summed E-state index contributed by atoms with van der Waals surface area (Å²) in [7, 11) is 0. The average Bonchev–Trinajstić information content (AvgIpc) is 3.03. The first-order chi connectivity index (χ1) is 12.1. The molecule has 0 amide bonds. The molecule has 0 bridgehead atoms. The van der Waals surface area contributed by atoms with Crippen molar-refractivity contribution in [2.75, 3.05) is 0 Å². The summed E-state index contributed by atoms with van der Waals surface area (Å²) in [5.74, 6) is 0.466. The fourth-order valence-electron chi connectivity index (χ4n) is 2.46. The van der Waals surface area contributed by atoms with E-state index in [1.807, 2.05) is 41.8 Å². The van der Waals surface area contributed by atoms with Crippen molar-refractivity contribution >= 4 is 29.3 Å². The van der Waals surface area contributed by atoms with Crippen LogP contribution in [0.1, 0.15) is 22.8 Å². The summed E-state index contributed by atoms with van der Waals surface area (Å²) in [4.78, 5) is 11.1. The zero-order valence-electron chi connectivity index (χ0n) is 13.5. The minimum atomic E-state index is -0.924. The molecule has 7 heteroatoms. The summed E-state index contributed by atoms with van der Waals surface area (Å²) in [5.41, 5.74) is 2.14. The van der Waals surface area contributed by atoms with Gasteiger partial charge in [-0.3, -0.25) is 0 Å². The van der Waals surface area contributed by atoms with Crippen molar-refractivity contribution in [3.05, 3.63) is 64.7 Å². The molecule has 3 rings (SSSR count). The lowest BCUT2D eigenvalue weighted by molar-refractivity contribution is 0.0697. The molecule has 0 aliphatic rings. The topological polar surface area (TPSA) is 68.0 Å². The van der Waals surface area contributed by atoms with Crippen molar-refractivity contribution in [2.45, 2.75) is 24.4 Å². The Hall–Kier alpha value is -2.31. The second-order valence-electron chi connectivity index (χ2n) is 5.35. The number of thioether (sulfide) groups is 1. The van der Waals surface area contributed by atoms with E-state index in [2.05, 4.69) is 10.2 Å². The highest BCUT2D eigenvalue weighted by Gasteiger charge is 2.14. The SMILES string of the molecule is CCn1c(SCc2cccc(C(=O)O)c2)nnc1-c1cccc(Cl)c1. The number of nitrogens with zero attached hydrogens (tertiary/aromatic N) is 3. The van der Waals surface area contributed by atoms with Gasteiger partial charge in [-0.1, -0.05) is 47.6 Å². The molecule has 0 aliphatic heterocycles. The summed E-state index contributed by atoms with van der Waals surface area (Å²) >= 11 is 7.60. The van der Waals surface area contributed by atoms with Gasteiger partial charge in [0, 0.05) is 22.9 Å². The highest BCUT2D eigenvalue weighted by Crippen LogP contribution is 2.27. The van der Waals surface area contributed by atoms with Crippen LogP contribution in [-0.2, 0) is 12.3 Å². The van der Waals surface area contributed by atoms with E-state index in [9.17, 15) is 4.79 Å². The fraction of sp³-hybridized carbons (Fsp3) is 0.167. The first-order valence-corrected chi connectivity index (χ1v) is 9.09. The van der Waals surface area contributed by atoms with Crippen LogP contribution in [0, 0.1) is 0 Å². The number of carboxylic acids is 1. The van der Waals surface area contributed by atoms with E-state index in [4.69, 9.17) is 16.7 Å². The Kier molecular flexibility index (Phi) is 5.40. The van der Waals surface area contributed by atoms with Crippen molar-refractivity contribution in [3.63, 3.8) is 0 Å². The summed E-state index contributed by atoms with van der Waals surface area (Å²) < 4.78 is 2.03. The minimum Gasteiger partial charge on any atom is -0.478 e. The Bertz CT molecular complexity index is 911. The first-order valence-electron chi connectivity index (χ1n) is 7.72. The van der Waals surface area contributed by atoms with Crippen LogP contribution in [0.2, 0.25) is 5.02 Å². The highest BCUT2D eigenvalue weighted by molar-refractivity contribution is 7.98. The van der Waals surface area contributed by atoms with Gasteiger partial charge >= 0.3 is 5.97 Å². The molecule has 0 saturated carbocycles. The van der Waals surface area contributed by atoms with Gasteiger partial charge in [-0.2, -0.15) is 0 Å². The van der Waals surface area contributed by atoms with Crippen LogP contribution >= 0.6 is 23.4 Å². The van der Waals surface area contributed by atoms with Gasteiger partial charge in [-0.15, -0.1) is 10.2 Å². The van der Waals surface area contributed by atoms with Gasteiger partial charge < -0.3 is 9.67 Å². The summed E-state index contributed by atoms with van der Waals surface area (Å²) in [6.07, 6.45) is 0. The van der Waals surface area contributed by atoms with E-state index in [-0.39, 0.29) is 5.56 Å². The lowest BCUT2D eigenvalue weighted by Gasteiger charge is -2.08. The summed E-state index contributed by atoms with van der Waals surface area (Å²) in [6, 6.07) is 14.4. The van der Waals surface area contributed by atoms with Crippen molar-refractivity contribution in [1.82, 2.24) is 14.8 Å². The molecule has 2 aromatic carbocycles. The number of benzene rings is 2. The van der Waals surface area contributed by atoms with Gasteiger partial charge in [-0.05, 0) is 36.8 Å². The quantitative estimate of drug-likeness (QED) is 0.639. The maximum absolute atomic E-state index is 11.1. The van der Waals surface area contributed by atoms with E-state index < -0.39 is 5.97 Å². The Morgan fingerprint density at radius 2 is 2.00 bits per heavy atom. The van der Waals surface area contributed by atoms with Crippen LogP contribution in [0.5, 0.6) is 0 Å². The molecule has 0 spiro atoms. The molecule has 0 saturated heterocycles. The van der Waals surface area contributed by atoms with Crippen LogP contribution in [0.15, 0.2) is 53.7 Å². The molecule has 0 atom stereocenters. The molecule has 25 heavy (non-hydrogen) atoms. The average molecular weight is 374 g/mol. The molecule has 128 valence electrons. The van der Waals surface area contributed by atoms with E-state index >= 15 is 0 Å². The van der Waals surface area contributed by atoms with E-state index in [0.29, 0.717) is 10.8 Å². The number of halogens is 1. The molecular formula is C18H16ClN3O2S. The molecule has 1 heterocycles. The molecule has 0 radical (unpaired) electrons. The van der Waals surface area contributed by atoms with Crippen molar-refractivity contribution in [2.24, 2.45) is 0 Å². The maximum atomic E-state index is 11.1. The second-order valence-corrected chi connectivity index (χ2v) is 6.73. The normalized spacial score (nSPS) is 10.8. The number of aromatic nitrogens is 3. The Balaban J connectivity index is 1.82. The van der Waals surface area contributed by atoms with Crippen LogP contribution in [0.4, 0.5) is 0 Å². The minimum absolute atomic E-state index is 0.287. The molecule has 0 fully saturated rings. The highest BCUT2D eigenvalue weighted by atomic mass is 35.5. The van der Waals surface area contributed by atoms with Gasteiger partial charge in [-0.25, -0.2) is 4.79 Å². The maximum Gasteiger partial charge on any atom is 0.335 e. The molecular weight excluding hydrogens is 358 g/mol. The summed E-state index contributed by atoms with van der Waals surface area (Å²) in [6.45, 7) is 2.76. The molecule has 3 aromatic rings. The zero-order chi connectivity index (χ0) is 17.8. The predicted molar refractivity (Wildman–Crippen MR) is 99.1 cm³/mol. The fourth-order valence-corrected chi connectivity index (χ4v) is 3.60. The molecule has 1 N–H and O–H groups in total. The number of carbonyl (C=O) groups is 1. The number of hydrogen-bond donors (Lipinski definition) is 1. The summed E-state index contributed by atoms with van der Waals surface area (Å²) in [5, 5.41) is 19.1. The lowest BCUT2D eigenvalue weighted by atomic mass is 10.1.